The standard InChI is InChI=1S/C8H8O3.ClH.Na/c9-7(8(10)11)6-4-2-1-3-5-6;;/h1-5,7,9H,(H,10,11);1H;/q;;+1/p-1. The normalized spacial score (nSPS) is 10.5. The molecule has 0 amide bonds. The van der Waals surface area contributed by atoms with E-state index in [1.165, 1.54) is 12.1 Å². The van der Waals surface area contributed by atoms with Gasteiger partial charge in [0.25, 0.3) is 0 Å². The second kappa shape index (κ2) is 7.35. The predicted octanol–water partition coefficient (Wildman–Crippen LogP) is -3.10. The van der Waals surface area contributed by atoms with Crippen molar-refractivity contribution in [1.82, 2.24) is 0 Å². The molecule has 13 heavy (non-hydrogen) atoms. The van der Waals surface area contributed by atoms with Crippen LogP contribution in [0.1, 0.15) is 11.7 Å². The quantitative estimate of drug-likeness (QED) is 0.526. The Morgan fingerprint density at radius 1 is 1.31 bits per heavy atom. The number of carbonyl (C=O) groups is 1. The van der Waals surface area contributed by atoms with Gasteiger partial charge in [-0.1, -0.05) is 30.3 Å². The number of benzene rings is 1. The van der Waals surface area contributed by atoms with Gasteiger partial charge < -0.3 is 15.0 Å². The van der Waals surface area contributed by atoms with E-state index in [9.17, 15) is 9.90 Å². The number of hydrogen-bond acceptors (Lipinski definition) is 3. The van der Waals surface area contributed by atoms with Gasteiger partial charge in [0.05, 0.1) is 5.97 Å². The minimum Gasteiger partial charge on any atom is -0.547 e. The minimum absolute atomic E-state index is 0. The summed E-state index contributed by atoms with van der Waals surface area (Å²) in [5.41, 5.74) is 0.340. The van der Waals surface area contributed by atoms with Crippen molar-refractivity contribution < 1.29 is 44.6 Å². The van der Waals surface area contributed by atoms with E-state index in [-0.39, 0.29) is 42.0 Å². The Bertz CT molecular complexity index is 253. The minimum atomic E-state index is -1.52. The van der Waals surface area contributed by atoms with Gasteiger partial charge in [0.1, 0.15) is 6.10 Å². The third kappa shape index (κ3) is 4.64. The van der Waals surface area contributed by atoms with Crippen LogP contribution < -0.4 is 34.7 Å². The molecular weight excluding hydrogens is 203 g/mol. The molecule has 0 fully saturated rings. The first-order valence-corrected chi connectivity index (χ1v) is 3.15. The zero-order valence-corrected chi connectivity index (χ0v) is 9.95. The van der Waals surface area contributed by atoms with Gasteiger partial charge in [0.15, 0.2) is 0 Å². The van der Waals surface area contributed by atoms with Gasteiger partial charge in [-0.15, -0.1) is 12.4 Å². The van der Waals surface area contributed by atoms with Crippen LogP contribution in [0.5, 0.6) is 0 Å². The van der Waals surface area contributed by atoms with E-state index in [0.717, 1.165) is 0 Å². The fourth-order valence-electron chi connectivity index (χ4n) is 0.771. The van der Waals surface area contributed by atoms with Gasteiger partial charge in [-0.25, -0.2) is 0 Å². The summed E-state index contributed by atoms with van der Waals surface area (Å²) >= 11 is 0. The van der Waals surface area contributed by atoms with E-state index in [0.29, 0.717) is 5.56 Å². The van der Waals surface area contributed by atoms with Crippen LogP contribution in [0.3, 0.4) is 0 Å². The maximum Gasteiger partial charge on any atom is 1.00 e. The molecule has 0 bridgehead atoms. The summed E-state index contributed by atoms with van der Waals surface area (Å²) in [6.07, 6.45) is -1.52. The van der Waals surface area contributed by atoms with Gasteiger partial charge in [-0.3, -0.25) is 0 Å². The summed E-state index contributed by atoms with van der Waals surface area (Å²) in [5, 5.41) is 19.1. The third-order valence-electron chi connectivity index (χ3n) is 1.34. The molecule has 5 heteroatoms. The summed E-state index contributed by atoms with van der Waals surface area (Å²) in [5.74, 6) is -1.48. The molecule has 0 saturated heterocycles. The Hall–Kier alpha value is -0.0600. The Balaban J connectivity index is 0. The number of halogens is 1. The largest absolute Gasteiger partial charge is 1.00 e. The fraction of sp³-hybridized carbons (Fsp3) is 0.125. The molecule has 0 radical (unpaired) electrons. The van der Waals surface area contributed by atoms with Gasteiger partial charge in [-0.05, 0) is 5.56 Å². The number of aliphatic carboxylic acids is 1. The number of rotatable bonds is 2. The van der Waals surface area contributed by atoms with Crippen LogP contribution in [0.15, 0.2) is 30.3 Å². The first kappa shape index (κ1) is 15.4. The molecule has 0 heterocycles. The van der Waals surface area contributed by atoms with Crippen molar-refractivity contribution in [1.29, 1.82) is 0 Å². The van der Waals surface area contributed by atoms with E-state index >= 15 is 0 Å². The summed E-state index contributed by atoms with van der Waals surface area (Å²) in [6.45, 7) is 0. The Morgan fingerprint density at radius 2 is 1.77 bits per heavy atom. The fourth-order valence-corrected chi connectivity index (χ4v) is 0.771. The zero-order chi connectivity index (χ0) is 8.27. The van der Waals surface area contributed by atoms with Gasteiger partial charge >= 0.3 is 29.6 Å². The second-order valence-electron chi connectivity index (χ2n) is 2.13. The predicted molar refractivity (Wildman–Crippen MR) is 43.7 cm³/mol. The molecule has 0 saturated carbocycles. The van der Waals surface area contributed by atoms with Gasteiger partial charge in [0.2, 0.25) is 0 Å². The smallest absolute Gasteiger partial charge is 0.547 e. The molecule has 0 aliphatic heterocycles. The SMILES string of the molecule is Cl.O=C([O-])C(O)c1ccccc1.[Na+]. The number of aliphatic hydroxyl groups is 1. The van der Waals surface area contributed by atoms with Gasteiger partial charge in [-0.2, -0.15) is 0 Å². The number of aliphatic hydroxyl groups excluding tert-OH is 1. The van der Waals surface area contributed by atoms with Crippen LogP contribution in [0.25, 0.3) is 0 Å². The summed E-state index contributed by atoms with van der Waals surface area (Å²) in [6, 6.07) is 8.11. The molecular formula is C8H8ClNaO3. The maximum absolute atomic E-state index is 10.1. The molecule has 1 unspecified atom stereocenters. The van der Waals surface area contributed by atoms with E-state index in [1.54, 1.807) is 18.2 Å². The number of carbonyl (C=O) groups excluding carboxylic acids is 1. The molecule has 1 aromatic carbocycles. The average Bonchev–Trinajstić information content (AvgIpc) is 2.05. The third-order valence-corrected chi connectivity index (χ3v) is 1.34. The molecule has 1 aromatic rings. The van der Waals surface area contributed by atoms with Crippen LogP contribution >= 0.6 is 12.4 Å². The first-order chi connectivity index (χ1) is 5.22. The first-order valence-electron chi connectivity index (χ1n) is 3.15. The van der Waals surface area contributed by atoms with Crippen LogP contribution in [-0.4, -0.2) is 11.1 Å². The number of carboxylic acids is 1. The van der Waals surface area contributed by atoms with Crippen LogP contribution in [0, 0.1) is 0 Å². The van der Waals surface area contributed by atoms with Crippen LogP contribution in [0.2, 0.25) is 0 Å². The molecule has 0 aliphatic rings. The molecule has 3 nitrogen and oxygen atoms in total. The van der Waals surface area contributed by atoms with Crippen molar-refractivity contribution in [3.05, 3.63) is 35.9 Å². The van der Waals surface area contributed by atoms with Crippen molar-refractivity contribution in [2.75, 3.05) is 0 Å². The van der Waals surface area contributed by atoms with Crippen molar-refractivity contribution >= 4 is 18.4 Å². The van der Waals surface area contributed by atoms with E-state index in [4.69, 9.17) is 5.11 Å². The topological polar surface area (TPSA) is 60.4 Å². The van der Waals surface area contributed by atoms with Crippen molar-refractivity contribution in [3.8, 4) is 0 Å². The monoisotopic (exact) mass is 210 g/mol. The summed E-state index contributed by atoms with van der Waals surface area (Å²) in [7, 11) is 0. The molecule has 1 atom stereocenters. The number of hydrogen-bond donors (Lipinski definition) is 1. The zero-order valence-electron chi connectivity index (χ0n) is 7.14. The second-order valence-corrected chi connectivity index (χ2v) is 2.13. The Kier molecular flexibility index (Phi) is 8.72. The average molecular weight is 211 g/mol. The van der Waals surface area contributed by atoms with E-state index in [2.05, 4.69) is 0 Å². The number of carboxylic acid groups (broad SMARTS) is 1. The van der Waals surface area contributed by atoms with Crippen molar-refractivity contribution in [2.45, 2.75) is 6.10 Å². The molecule has 0 aromatic heterocycles. The molecule has 0 spiro atoms. The Morgan fingerprint density at radius 3 is 2.15 bits per heavy atom. The molecule has 1 N–H and O–H groups in total. The maximum atomic E-state index is 10.1. The summed E-state index contributed by atoms with van der Waals surface area (Å²) < 4.78 is 0. The van der Waals surface area contributed by atoms with Crippen molar-refractivity contribution in [3.63, 3.8) is 0 Å². The van der Waals surface area contributed by atoms with Gasteiger partial charge in [0, 0.05) is 0 Å². The van der Waals surface area contributed by atoms with Crippen LogP contribution in [-0.2, 0) is 4.79 Å². The molecule has 0 aliphatic carbocycles. The van der Waals surface area contributed by atoms with E-state index in [1.807, 2.05) is 0 Å². The molecule has 1 rings (SSSR count). The van der Waals surface area contributed by atoms with Crippen molar-refractivity contribution in [2.24, 2.45) is 0 Å². The Labute approximate surface area is 104 Å². The van der Waals surface area contributed by atoms with Crippen LogP contribution in [0.4, 0.5) is 0 Å². The molecule has 66 valence electrons. The van der Waals surface area contributed by atoms with E-state index < -0.39 is 12.1 Å². The summed E-state index contributed by atoms with van der Waals surface area (Å²) in [4.78, 5) is 10.1.